The van der Waals surface area contributed by atoms with Gasteiger partial charge in [0.15, 0.2) is 0 Å². The summed E-state index contributed by atoms with van der Waals surface area (Å²) >= 11 is 0. The molecule has 0 spiro atoms. The van der Waals surface area contributed by atoms with Gasteiger partial charge < -0.3 is 5.32 Å². The number of nitrogens with one attached hydrogen (secondary N) is 1. The second-order valence-corrected chi connectivity index (χ2v) is 1.16. The van der Waals surface area contributed by atoms with Crippen LogP contribution in [0, 0.1) is 0 Å². The van der Waals surface area contributed by atoms with Crippen molar-refractivity contribution in [2.45, 2.75) is 6.92 Å². The van der Waals surface area contributed by atoms with E-state index in [1.807, 2.05) is 0 Å². The zero-order chi connectivity index (χ0) is 5.70. The predicted molar refractivity (Wildman–Crippen MR) is 24.4 cm³/mol. The van der Waals surface area contributed by atoms with Crippen LogP contribution < -0.4 is 5.32 Å². The van der Waals surface area contributed by atoms with Crippen molar-refractivity contribution in [3.8, 4) is 0 Å². The fourth-order valence-electron chi connectivity index (χ4n) is 0.161. The maximum absolute atomic E-state index is 9.96. The summed E-state index contributed by atoms with van der Waals surface area (Å²) < 4.78 is 0. The first-order valence-electron chi connectivity index (χ1n) is 1.87. The van der Waals surface area contributed by atoms with Crippen molar-refractivity contribution in [1.29, 1.82) is 0 Å². The van der Waals surface area contributed by atoms with Crippen LogP contribution in [0.25, 0.3) is 0 Å². The highest BCUT2D eigenvalue weighted by Gasteiger charge is 1.85. The summed E-state index contributed by atoms with van der Waals surface area (Å²) in [6.45, 7) is 1.48. The van der Waals surface area contributed by atoms with Crippen molar-refractivity contribution >= 4 is 12.2 Å². The molecule has 0 bridgehead atoms. The topological polar surface area (TPSA) is 46.2 Å². The van der Waals surface area contributed by atoms with Crippen LogP contribution >= 0.6 is 0 Å². The quantitative estimate of drug-likeness (QED) is 0.473. The van der Waals surface area contributed by atoms with Crippen molar-refractivity contribution < 1.29 is 9.59 Å². The van der Waals surface area contributed by atoms with Crippen LogP contribution in [0.4, 0.5) is 0 Å². The Balaban J connectivity index is 2.97. The van der Waals surface area contributed by atoms with Gasteiger partial charge in [0.2, 0.25) is 0 Å². The summed E-state index contributed by atoms with van der Waals surface area (Å²) in [5.41, 5.74) is 0. The number of amides is 1. The van der Waals surface area contributed by atoms with Gasteiger partial charge in [-0.1, -0.05) is 0 Å². The van der Waals surface area contributed by atoms with Gasteiger partial charge in [0.25, 0.3) is 0 Å². The van der Waals surface area contributed by atoms with Gasteiger partial charge >= 0.3 is 6.41 Å². The van der Waals surface area contributed by atoms with Crippen LogP contribution in [-0.2, 0) is 9.59 Å². The molecule has 3 heteroatoms. The third-order valence-electron chi connectivity index (χ3n) is 0.410. The lowest BCUT2D eigenvalue weighted by atomic mass is 10.5. The van der Waals surface area contributed by atoms with Crippen LogP contribution in [0.2, 0.25) is 0 Å². The smallest absolute Gasteiger partial charge is 0.309 e. The average Bonchev–Trinajstić information content (AvgIpc) is 1.61. The van der Waals surface area contributed by atoms with Crippen molar-refractivity contribution in [1.82, 2.24) is 5.32 Å². The summed E-state index contributed by atoms with van der Waals surface area (Å²) in [6, 6.07) is 0. The normalized spacial score (nSPS) is 7.57. The SMILES string of the molecule is CC(=O)CN[C]=O. The summed E-state index contributed by atoms with van der Waals surface area (Å²) in [6.07, 6.45) is 1.38. The van der Waals surface area contributed by atoms with Crippen molar-refractivity contribution in [3.05, 3.63) is 0 Å². The number of carbonyl (C=O) groups excluding carboxylic acids is 2. The van der Waals surface area contributed by atoms with Gasteiger partial charge in [0.05, 0.1) is 6.54 Å². The fourth-order valence-corrected chi connectivity index (χ4v) is 0.161. The van der Waals surface area contributed by atoms with Gasteiger partial charge in [-0.15, -0.1) is 0 Å². The highest BCUT2D eigenvalue weighted by Crippen LogP contribution is 1.57. The number of Topliss-reactive ketones (excluding diaryl/α,β-unsaturated/α-hetero) is 1. The van der Waals surface area contributed by atoms with E-state index in [-0.39, 0.29) is 12.3 Å². The van der Waals surface area contributed by atoms with Gasteiger partial charge in [-0.25, -0.2) is 0 Å². The van der Waals surface area contributed by atoms with E-state index in [9.17, 15) is 9.59 Å². The largest absolute Gasteiger partial charge is 0.341 e. The van der Waals surface area contributed by atoms with Crippen LogP contribution in [0.1, 0.15) is 6.92 Å². The molecule has 1 radical (unpaired) electrons. The first-order chi connectivity index (χ1) is 3.27. The Kier molecular flexibility index (Phi) is 2.92. The molecule has 0 saturated carbocycles. The third-order valence-corrected chi connectivity index (χ3v) is 0.410. The monoisotopic (exact) mass is 100 g/mol. The fraction of sp³-hybridized carbons (Fsp3) is 0.500. The van der Waals surface area contributed by atoms with Crippen LogP contribution in [0.3, 0.4) is 0 Å². The van der Waals surface area contributed by atoms with Gasteiger partial charge in [-0.3, -0.25) is 9.59 Å². The molecule has 39 valence electrons. The van der Waals surface area contributed by atoms with E-state index in [0.717, 1.165) is 0 Å². The minimum atomic E-state index is -0.0663. The first-order valence-corrected chi connectivity index (χ1v) is 1.87. The molecule has 3 nitrogen and oxygen atoms in total. The molecule has 0 fully saturated rings. The Bertz CT molecular complexity index is 79.8. The third kappa shape index (κ3) is 5.14. The van der Waals surface area contributed by atoms with E-state index in [4.69, 9.17) is 0 Å². The van der Waals surface area contributed by atoms with Crippen molar-refractivity contribution in [3.63, 3.8) is 0 Å². The van der Waals surface area contributed by atoms with Gasteiger partial charge in [0, 0.05) is 0 Å². The lowest BCUT2D eigenvalue weighted by Crippen LogP contribution is -2.18. The Morgan fingerprint density at radius 3 is 2.57 bits per heavy atom. The molecule has 0 aromatic carbocycles. The maximum Gasteiger partial charge on any atom is 0.309 e. The van der Waals surface area contributed by atoms with E-state index >= 15 is 0 Å². The van der Waals surface area contributed by atoms with Gasteiger partial charge in [0.1, 0.15) is 5.78 Å². The Hall–Kier alpha value is -0.860. The number of hydrogen-bond donors (Lipinski definition) is 1. The average molecular weight is 100 g/mol. The molecule has 0 heterocycles. The highest BCUT2D eigenvalue weighted by molar-refractivity contribution is 5.79. The summed E-state index contributed by atoms with van der Waals surface area (Å²) in [4.78, 5) is 19.3. The zero-order valence-electron chi connectivity index (χ0n) is 4.02. The second kappa shape index (κ2) is 3.33. The molecule has 0 aromatic rings. The molecular weight excluding hydrogens is 94.0 g/mol. The Morgan fingerprint density at radius 1 is 1.86 bits per heavy atom. The van der Waals surface area contributed by atoms with Crippen LogP contribution in [-0.4, -0.2) is 18.7 Å². The lowest BCUT2D eigenvalue weighted by Gasteiger charge is -1.85. The van der Waals surface area contributed by atoms with E-state index in [0.29, 0.717) is 0 Å². The molecule has 0 unspecified atom stereocenters. The number of carbonyl (C=O) groups is 1. The standard InChI is InChI=1S/C4H6NO2/c1-4(7)2-5-3-6/h2H2,1H3,(H,5,6). The lowest BCUT2D eigenvalue weighted by molar-refractivity contribution is -0.115. The minimum absolute atomic E-state index is 0.0663. The molecule has 0 atom stereocenters. The Labute approximate surface area is 41.7 Å². The van der Waals surface area contributed by atoms with E-state index in [2.05, 4.69) is 5.32 Å². The molecule has 0 aliphatic rings. The summed E-state index contributed by atoms with van der Waals surface area (Å²) in [5.74, 6) is -0.0663. The molecule has 0 aliphatic carbocycles. The molecule has 0 aromatic heterocycles. The molecule has 7 heavy (non-hydrogen) atoms. The molecule has 1 amide bonds. The van der Waals surface area contributed by atoms with Crippen molar-refractivity contribution in [2.24, 2.45) is 0 Å². The maximum atomic E-state index is 9.96. The number of ketones is 1. The minimum Gasteiger partial charge on any atom is -0.341 e. The number of hydrogen-bond acceptors (Lipinski definition) is 2. The van der Waals surface area contributed by atoms with E-state index < -0.39 is 0 Å². The van der Waals surface area contributed by atoms with E-state index in [1.54, 1.807) is 0 Å². The van der Waals surface area contributed by atoms with E-state index in [1.165, 1.54) is 13.3 Å². The molecule has 0 saturated heterocycles. The zero-order valence-corrected chi connectivity index (χ0v) is 4.02. The predicted octanol–water partition coefficient (Wildman–Crippen LogP) is -0.768. The summed E-state index contributed by atoms with van der Waals surface area (Å²) in [7, 11) is 0. The molecule has 0 aliphatic heterocycles. The van der Waals surface area contributed by atoms with Crippen molar-refractivity contribution in [2.75, 3.05) is 6.54 Å². The Morgan fingerprint density at radius 2 is 2.43 bits per heavy atom. The van der Waals surface area contributed by atoms with Crippen LogP contribution in [0.5, 0.6) is 0 Å². The number of rotatable bonds is 3. The van der Waals surface area contributed by atoms with Gasteiger partial charge in [-0.2, -0.15) is 0 Å². The molecule has 1 N–H and O–H groups in total. The van der Waals surface area contributed by atoms with Crippen LogP contribution in [0.15, 0.2) is 0 Å². The van der Waals surface area contributed by atoms with Gasteiger partial charge in [-0.05, 0) is 6.92 Å². The molecular formula is C4H6NO2. The second-order valence-electron chi connectivity index (χ2n) is 1.16. The highest BCUT2D eigenvalue weighted by atomic mass is 16.1. The first kappa shape index (κ1) is 6.14. The molecule has 0 rings (SSSR count). The summed E-state index contributed by atoms with van der Waals surface area (Å²) in [5, 5.41) is 2.09.